The van der Waals surface area contributed by atoms with Crippen molar-refractivity contribution in [1.29, 1.82) is 0 Å². The third-order valence-electron chi connectivity index (χ3n) is 3.65. The number of nitrogens with zero attached hydrogens (tertiary/aromatic N) is 1. The van der Waals surface area contributed by atoms with Gasteiger partial charge in [-0.15, -0.1) is 12.3 Å². The van der Waals surface area contributed by atoms with Crippen molar-refractivity contribution < 1.29 is 0 Å². The maximum atomic E-state index is 5.39. The first-order valence-corrected chi connectivity index (χ1v) is 7.76. The molecule has 0 aliphatic heterocycles. The van der Waals surface area contributed by atoms with Crippen LogP contribution in [-0.4, -0.2) is 16.7 Å². The zero-order valence-electron chi connectivity index (χ0n) is 13.4. The van der Waals surface area contributed by atoms with Crippen molar-refractivity contribution in [3.63, 3.8) is 0 Å². The largest absolute Gasteiger partial charge is 0.346 e. The highest BCUT2D eigenvalue weighted by atomic mass is 15.0. The van der Waals surface area contributed by atoms with E-state index in [9.17, 15) is 0 Å². The van der Waals surface area contributed by atoms with E-state index in [0.29, 0.717) is 0 Å². The molecule has 1 heterocycles. The Morgan fingerprint density at radius 2 is 2.00 bits per heavy atom. The van der Waals surface area contributed by atoms with E-state index in [-0.39, 0.29) is 5.54 Å². The van der Waals surface area contributed by atoms with E-state index in [1.807, 2.05) is 0 Å². The first-order chi connectivity index (χ1) is 10.0. The quantitative estimate of drug-likeness (QED) is 0.626. The number of aryl methyl sites for hydroxylation is 2. The van der Waals surface area contributed by atoms with Crippen LogP contribution in [0.1, 0.15) is 39.2 Å². The Kier molecular flexibility index (Phi) is 5.09. The van der Waals surface area contributed by atoms with Crippen LogP contribution in [0.4, 0.5) is 0 Å². The molecule has 0 saturated heterocycles. The minimum atomic E-state index is 0.195. The summed E-state index contributed by atoms with van der Waals surface area (Å²) in [5, 5.41) is 4.91. The molecule has 0 aliphatic carbocycles. The summed E-state index contributed by atoms with van der Waals surface area (Å²) in [4.78, 5) is 0. The molecule has 1 aromatic heterocycles. The molecular weight excluding hydrogens is 256 g/mol. The minimum Gasteiger partial charge on any atom is -0.346 e. The lowest BCUT2D eigenvalue weighted by Crippen LogP contribution is -2.36. The second kappa shape index (κ2) is 6.83. The van der Waals surface area contributed by atoms with Gasteiger partial charge >= 0.3 is 0 Å². The molecule has 0 saturated carbocycles. The monoisotopic (exact) mass is 282 g/mol. The molecule has 0 bridgehead atoms. The SMILES string of the molecule is C#CCCn1cc(CCCNC(C)(C)C)c2ccccc21. The molecule has 0 aliphatic rings. The van der Waals surface area contributed by atoms with E-state index >= 15 is 0 Å². The molecule has 0 fully saturated rings. The van der Waals surface area contributed by atoms with Crippen LogP contribution < -0.4 is 5.32 Å². The average molecular weight is 282 g/mol. The van der Waals surface area contributed by atoms with Gasteiger partial charge in [-0.1, -0.05) is 18.2 Å². The van der Waals surface area contributed by atoms with Crippen molar-refractivity contribution in [1.82, 2.24) is 9.88 Å². The van der Waals surface area contributed by atoms with Crippen LogP contribution in [0, 0.1) is 12.3 Å². The molecule has 0 amide bonds. The van der Waals surface area contributed by atoms with E-state index < -0.39 is 0 Å². The fourth-order valence-electron chi connectivity index (χ4n) is 2.63. The van der Waals surface area contributed by atoms with Crippen LogP contribution in [-0.2, 0) is 13.0 Å². The summed E-state index contributed by atoms with van der Waals surface area (Å²) < 4.78 is 2.29. The molecule has 1 aromatic carbocycles. The molecule has 21 heavy (non-hydrogen) atoms. The maximum absolute atomic E-state index is 5.39. The van der Waals surface area contributed by atoms with Gasteiger partial charge in [0.25, 0.3) is 0 Å². The van der Waals surface area contributed by atoms with Gasteiger partial charge in [-0.25, -0.2) is 0 Å². The third kappa shape index (κ3) is 4.37. The Morgan fingerprint density at radius 1 is 1.24 bits per heavy atom. The van der Waals surface area contributed by atoms with Gasteiger partial charge in [0.2, 0.25) is 0 Å². The average Bonchev–Trinajstić information content (AvgIpc) is 2.79. The predicted molar refractivity (Wildman–Crippen MR) is 91.5 cm³/mol. The third-order valence-corrected chi connectivity index (χ3v) is 3.65. The highest BCUT2D eigenvalue weighted by molar-refractivity contribution is 5.84. The van der Waals surface area contributed by atoms with Crippen LogP contribution >= 0.6 is 0 Å². The molecule has 2 nitrogen and oxygen atoms in total. The Hall–Kier alpha value is -1.72. The number of fused-ring (bicyclic) bond motifs is 1. The zero-order chi connectivity index (χ0) is 15.3. The summed E-state index contributed by atoms with van der Waals surface area (Å²) in [6.45, 7) is 8.57. The van der Waals surface area contributed by atoms with Crippen LogP contribution in [0.5, 0.6) is 0 Å². The molecule has 0 radical (unpaired) electrons. The predicted octanol–water partition coefficient (Wildman–Crippen LogP) is 3.99. The van der Waals surface area contributed by atoms with Gasteiger partial charge in [0.1, 0.15) is 0 Å². The summed E-state index contributed by atoms with van der Waals surface area (Å²) >= 11 is 0. The topological polar surface area (TPSA) is 17.0 Å². The van der Waals surface area contributed by atoms with Gasteiger partial charge in [0, 0.05) is 35.6 Å². The van der Waals surface area contributed by atoms with Gasteiger partial charge in [-0.2, -0.15) is 0 Å². The van der Waals surface area contributed by atoms with Crippen LogP contribution in [0.15, 0.2) is 30.5 Å². The number of para-hydroxylation sites is 1. The Morgan fingerprint density at radius 3 is 2.71 bits per heavy atom. The molecule has 2 aromatic rings. The van der Waals surface area contributed by atoms with E-state index in [2.05, 4.69) is 67.0 Å². The van der Waals surface area contributed by atoms with Gasteiger partial charge in [0.05, 0.1) is 0 Å². The van der Waals surface area contributed by atoms with E-state index in [1.165, 1.54) is 16.5 Å². The Bertz CT molecular complexity index is 623. The maximum Gasteiger partial charge on any atom is 0.0483 e. The molecule has 2 rings (SSSR count). The molecule has 0 unspecified atom stereocenters. The molecule has 112 valence electrons. The Labute approximate surface area is 128 Å². The summed E-state index contributed by atoms with van der Waals surface area (Å²) in [6.07, 6.45) is 10.7. The van der Waals surface area contributed by atoms with E-state index in [1.54, 1.807) is 0 Å². The fraction of sp³-hybridized carbons (Fsp3) is 0.474. The lowest BCUT2D eigenvalue weighted by Gasteiger charge is -2.20. The van der Waals surface area contributed by atoms with Crippen molar-refractivity contribution in [2.24, 2.45) is 0 Å². The number of aromatic nitrogens is 1. The summed E-state index contributed by atoms with van der Waals surface area (Å²) in [7, 11) is 0. The molecule has 0 spiro atoms. The van der Waals surface area contributed by atoms with E-state index in [4.69, 9.17) is 6.42 Å². The number of hydrogen-bond acceptors (Lipinski definition) is 1. The van der Waals surface area contributed by atoms with Gasteiger partial charge < -0.3 is 9.88 Å². The fourth-order valence-corrected chi connectivity index (χ4v) is 2.63. The van der Waals surface area contributed by atoms with Gasteiger partial charge in [0.15, 0.2) is 0 Å². The number of hydrogen-bond donors (Lipinski definition) is 1. The second-order valence-corrected chi connectivity index (χ2v) is 6.60. The van der Waals surface area contributed by atoms with E-state index in [0.717, 1.165) is 32.4 Å². The summed E-state index contributed by atoms with van der Waals surface area (Å²) in [5.74, 6) is 2.73. The smallest absolute Gasteiger partial charge is 0.0483 e. The molecule has 2 heteroatoms. The van der Waals surface area contributed by atoms with Crippen molar-refractivity contribution >= 4 is 10.9 Å². The standard InChI is InChI=1S/C19H26N2/c1-5-6-14-21-15-16(10-9-13-20-19(2,3)4)17-11-7-8-12-18(17)21/h1,7-8,11-12,15,20H,6,9-10,13-14H2,2-4H3. The van der Waals surface area contributed by atoms with Gasteiger partial charge in [-0.3, -0.25) is 0 Å². The van der Waals surface area contributed by atoms with Crippen LogP contribution in [0.3, 0.4) is 0 Å². The number of benzene rings is 1. The summed E-state index contributed by atoms with van der Waals surface area (Å²) in [5.41, 5.74) is 2.92. The van der Waals surface area contributed by atoms with Crippen molar-refractivity contribution in [2.45, 2.75) is 52.1 Å². The first-order valence-electron chi connectivity index (χ1n) is 7.76. The van der Waals surface area contributed by atoms with Crippen molar-refractivity contribution in [2.75, 3.05) is 6.54 Å². The van der Waals surface area contributed by atoms with Crippen LogP contribution in [0.2, 0.25) is 0 Å². The molecule has 1 N–H and O–H groups in total. The number of nitrogens with one attached hydrogen (secondary N) is 1. The lowest BCUT2D eigenvalue weighted by molar-refractivity contribution is 0.422. The second-order valence-electron chi connectivity index (χ2n) is 6.60. The minimum absolute atomic E-state index is 0.195. The molecule has 0 atom stereocenters. The normalized spacial score (nSPS) is 11.7. The van der Waals surface area contributed by atoms with Crippen molar-refractivity contribution in [3.8, 4) is 12.3 Å². The first kappa shape index (κ1) is 15.7. The number of rotatable bonds is 6. The van der Waals surface area contributed by atoms with Crippen molar-refractivity contribution in [3.05, 3.63) is 36.0 Å². The summed E-state index contributed by atoms with van der Waals surface area (Å²) in [6, 6.07) is 8.61. The zero-order valence-corrected chi connectivity index (χ0v) is 13.4. The van der Waals surface area contributed by atoms with Crippen LogP contribution in [0.25, 0.3) is 10.9 Å². The molecular formula is C19H26N2. The highest BCUT2D eigenvalue weighted by Crippen LogP contribution is 2.22. The highest BCUT2D eigenvalue weighted by Gasteiger charge is 2.10. The van der Waals surface area contributed by atoms with Gasteiger partial charge in [-0.05, 0) is 51.8 Å². The number of terminal acetylenes is 1. The Balaban J connectivity index is 2.07. The lowest BCUT2D eigenvalue weighted by atomic mass is 10.1.